The zero-order valence-electron chi connectivity index (χ0n) is 12.0. The number of oxime groups is 1. The monoisotopic (exact) mass is 290 g/mol. The summed E-state index contributed by atoms with van der Waals surface area (Å²) in [6.45, 7) is 1.95. The third kappa shape index (κ3) is 4.46. The minimum absolute atomic E-state index is 0.105. The van der Waals surface area contributed by atoms with Gasteiger partial charge in [0.25, 0.3) is 0 Å². The van der Waals surface area contributed by atoms with Crippen molar-refractivity contribution in [3.63, 3.8) is 0 Å². The molecule has 21 heavy (non-hydrogen) atoms. The van der Waals surface area contributed by atoms with Crippen molar-refractivity contribution in [2.75, 3.05) is 19.6 Å². The molecule has 1 aromatic carbocycles. The summed E-state index contributed by atoms with van der Waals surface area (Å²) < 4.78 is 0. The minimum Gasteiger partial charge on any atom is -0.409 e. The first kappa shape index (κ1) is 15.3. The normalized spacial score (nSPS) is 17.0. The number of nitrogens with two attached hydrogens (primary N) is 1. The molecule has 114 valence electrons. The standard InChI is InChI=1S/C15H22N4O2/c16-14(18-21)10-13(12-6-2-1-3-7-12)17-11-15(20)19-8-4-5-9-19/h1-3,6-7,13,17,21H,4-5,8-11H2,(H2,16,18). The van der Waals surface area contributed by atoms with E-state index in [0.29, 0.717) is 6.42 Å². The molecule has 1 fully saturated rings. The average Bonchev–Trinajstić information content (AvgIpc) is 3.06. The second-order valence-corrected chi connectivity index (χ2v) is 5.23. The lowest BCUT2D eigenvalue weighted by Gasteiger charge is -2.21. The van der Waals surface area contributed by atoms with Crippen molar-refractivity contribution in [2.45, 2.75) is 25.3 Å². The van der Waals surface area contributed by atoms with Crippen LogP contribution in [0.2, 0.25) is 0 Å². The Kier molecular flexibility index (Phi) is 5.57. The molecule has 1 saturated heterocycles. The maximum Gasteiger partial charge on any atom is 0.236 e. The topological polar surface area (TPSA) is 91.0 Å². The molecule has 6 heteroatoms. The lowest BCUT2D eigenvalue weighted by Crippen LogP contribution is -2.38. The van der Waals surface area contributed by atoms with Crippen molar-refractivity contribution in [3.8, 4) is 0 Å². The number of likely N-dealkylation sites (tertiary alicyclic amines) is 1. The molecular weight excluding hydrogens is 268 g/mol. The van der Waals surface area contributed by atoms with Crippen LogP contribution in [0, 0.1) is 0 Å². The molecule has 4 N–H and O–H groups in total. The molecule has 0 aliphatic carbocycles. The van der Waals surface area contributed by atoms with Crippen molar-refractivity contribution in [1.29, 1.82) is 0 Å². The molecular formula is C15H22N4O2. The van der Waals surface area contributed by atoms with E-state index in [9.17, 15) is 4.79 Å². The Balaban J connectivity index is 1.97. The number of carbonyl (C=O) groups excluding carboxylic acids is 1. The van der Waals surface area contributed by atoms with Gasteiger partial charge < -0.3 is 21.2 Å². The molecule has 1 atom stereocenters. The van der Waals surface area contributed by atoms with Crippen molar-refractivity contribution in [1.82, 2.24) is 10.2 Å². The lowest BCUT2D eigenvalue weighted by atomic mass is 10.0. The largest absolute Gasteiger partial charge is 0.409 e. The molecule has 0 aromatic heterocycles. The maximum atomic E-state index is 12.1. The first-order chi connectivity index (χ1) is 10.2. The molecule has 1 heterocycles. The molecule has 0 spiro atoms. The summed E-state index contributed by atoms with van der Waals surface area (Å²) in [5, 5.41) is 15.0. The van der Waals surface area contributed by atoms with E-state index in [4.69, 9.17) is 10.9 Å². The van der Waals surface area contributed by atoms with Crippen LogP contribution in [0.25, 0.3) is 0 Å². The Labute approximate surface area is 124 Å². The zero-order chi connectivity index (χ0) is 15.1. The SMILES string of the molecule is N/C(CC(NCC(=O)N1CCCC1)c1ccccc1)=N/O. The van der Waals surface area contributed by atoms with Gasteiger partial charge in [-0.2, -0.15) is 0 Å². The van der Waals surface area contributed by atoms with E-state index in [-0.39, 0.29) is 24.3 Å². The second kappa shape index (κ2) is 7.64. The quantitative estimate of drug-likeness (QED) is 0.316. The molecule has 6 nitrogen and oxygen atoms in total. The molecule has 1 amide bonds. The number of hydrogen-bond donors (Lipinski definition) is 3. The second-order valence-electron chi connectivity index (χ2n) is 5.23. The third-order valence-electron chi connectivity index (χ3n) is 3.70. The summed E-state index contributed by atoms with van der Waals surface area (Å²) in [5.41, 5.74) is 6.62. The number of rotatable bonds is 6. The highest BCUT2D eigenvalue weighted by atomic mass is 16.4. The molecule has 0 bridgehead atoms. The van der Waals surface area contributed by atoms with E-state index in [1.165, 1.54) is 0 Å². The highest BCUT2D eigenvalue weighted by Gasteiger charge is 2.20. The van der Waals surface area contributed by atoms with Gasteiger partial charge in [-0.3, -0.25) is 4.79 Å². The number of nitrogens with one attached hydrogen (secondary N) is 1. The van der Waals surface area contributed by atoms with Crippen molar-refractivity contribution >= 4 is 11.7 Å². The maximum absolute atomic E-state index is 12.1. The molecule has 1 aromatic rings. The number of nitrogens with zero attached hydrogens (tertiary/aromatic N) is 2. The van der Waals surface area contributed by atoms with E-state index < -0.39 is 0 Å². The van der Waals surface area contributed by atoms with Gasteiger partial charge in [0.2, 0.25) is 5.91 Å². The smallest absolute Gasteiger partial charge is 0.236 e. The Hall–Kier alpha value is -2.08. The summed E-state index contributed by atoms with van der Waals surface area (Å²) in [6, 6.07) is 9.57. The van der Waals surface area contributed by atoms with Gasteiger partial charge in [0.1, 0.15) is 5.84 Å². The van der Waals surface area contributed by atoms with Gasteiger partial charge in [-0.15, -0.1) is 0 Å². The fourth-order valence-corrected chi connectivity index (χ4v) is 2.53. The van der Waals surface area contributed by atoms with E-state index in [1.54, 1.807) is 0 Å². The Bertz CT molecular complexity index is 484. The van der Waals surface area contributed by atoms with Gasteiger partial charge in [0.15, 0.2) is 0 Å². The first-order valence-electron chi connectivity index (χ1n) is 7.23. The Morgan fingerprint density at radius 1 is 1.33 bits per heavy atom. The number of amidine groups is 1. The number of benzene rings is 1. The van der Waals surface area contributed by atoms with Gasteiger partial charge in [0, 0.05) is 25.6 Å². The van der Waals surface area contributed by atoms with Crippen molar-refractivity contribution in [3.05, 3.63) is 35.9 Å². The van der Waals surface area contributed by atoms with Crippen molar-refractivity contribution in [2.24, 2.45) is 10.9 Å². The van der Waals surface area contributed by atoms with Crippen LogP contribution < -0.4 is 11.1 Å². The summed E-state index contributed by atoms with van der Waals surface area (Å²) in [4.78, 5) is 14.0. The van der Waals surface area contributed by atoms with Gasteiger partial charge in [-0.05, 0) is 18.4 Å². The molecule has 0 saturated carbocycles. The fraction of sp³-hybridized carbons (Fsp3) is 0.467. The number of carbonyl (C=O) groups is 1. The first-order valence-corrected chi connectivity index (χ1v) is 7.23. The summed E-state index contributed by atoms with van der Waals surface area (Å²) in [6.07, 6.45) is 2.52. The molecule has 1 unspecified atom stereocenters. The highest BCUT2D eigenvalue weighted by Crippen LogP contribution is 2.16. The molecule has 0 radical (unpaired) electrons. The van der Waals surface area contributed by atoms with E-state index in [2.05, 4.69) is 10.5 Å². The average molecular weight is 290 g/mol. The van der Waals surface area contributed by atoms with Crippen LogP contribution >= 0.6 is 0 Å². The fourth-order valence-electron chi connectivity index (χ4n) is 2.53. The number of hydrogen-bond acceptors (Lipinski definition) is 4. The predicted octanol–water partition coefficient (Wildman–Crippen LogP) is 1.08. The van der Waals surface area contributed by atoms with Crippen LogP contribution in [0.4, 0.5) is 0 Å². The van der Waals surface area contributed by atoms with Crippen molar-refractivity contribution < 1.29 is 10.0 Å². The summed E-state index contributed by atoms with van der Waals surface area (Å²) in [7, 11) is 0. The van der Waals surface area contributed by atoms with E-state index in [0.717, 1.165) is 31.5 Å². The molecule has 2 rings (SSSR count). The summed E-state index contributed by atoms with van der Waals surface area (Å²) >= 11 is 0. The highest BCUT2D eigenvalue weighted by molar-refractivity contribution is 5.81. The van der Waals surface area contributed by atoms with Gasteiger partial charge in [0.05, 0.1) is 6.54 Å². The van der Waals surface area contributed by atoms with Crippen LogP contribution in [0.1, 0.15) is 30.9 Å². The van der Waals surface area contributed by atoms with Crippen LogP contribution in [0.15, 0.2) is 35.5 Å². The van der Waals surface area contributed by atoms with Gasteiger partial charge >= 0.3 is 0 Å². The Morgan fingerprint density at radius 3 is 2.62 bits per heavy atom. The van der Waals surface area contributed by atoms with E-state index >= 15 is 0 Å². The Morgan fingerprint density at radius 2 is 2.00 bits per heavy atom. The van der Waals surface area contributed by atoms with Crippen LogP contribution in [0.5, 0.6) is 0 Å². The van der Waals surface area contributed by atoms with Crippen LogP contribution in [-0.4, -0.2) is 41.5 Å². The molecule has 1 aliphatic rings. The third-order valence-corrected chi connectivity index (χ3v) is 3.70. The summed E-state index contributed by atoms with van der Waals surface area (Å²) in [5.74, 6) is 0.248. The zero-order valence-corrected chi connectivity index (χ0v) is 12.0. The van der Waals surface area contributed by atoms with Crippen LogP contribution in [0.3, 0.4) is 0 Å². The minimum atomic E-state index is -0.145. The predicted molar refractivity (Wildman–Crippen MR) is 81.0 cm³/mol. The van der Waals surface area contributed by atoms with E-state index in [1.807, 2.05) is 35.2 Å². The molecule has 1 aliphatic heterocycles. The van der Waals surface area contributed by atoms with Gasteiger partial charge in [-0.25, -0.2) is 0 Å². The van der Waals surface area contributed by atoms with Crippen LogP contribution in [-0.2, 0) is 4.79 Å². The number of amides is 1. The van der Waals surface area contributed by atoms with Gasteiger partial charge in [-0.1, -0.05) is 35.5 Å². The lowest BCUT2D eigenvalue weighted by molar-refractivity contribution is -0.129.